The first-order valence-electron chi connectivity index (χ1n) is 11.1. The Labute approximate surface area is 210 Å². The van der Waals surface area contributed by atoms with Crippen LogP contribution >= 0.6 is 0 Å². The van der Waals surface area contributed by atoms with Crippen molar-refractivity contribution in [3.63, 3.8) is 0 Å². The number of benzene rings is 1. The topological polar surface area (TPSA) is 120 Å². The van der Waals surface area contributed by atoms with Gasteiger partial charge in [0.2, 0.25) is 21.2 Å². The fraction of sp³-hybridized carbons (Fsp3) is 0.200. The summed E-state index contributed by atoms with van der Waals surface area (Å²) >= 11 is 0. The van der Waals surface area contributed by atoms with Gasteiger partial charge in [0.05, 0.1) is 54.4 Å². The number of halogens is 2. The summed E-state index contributed by atoms with van der Waals surface area (Å²) in [7, 11) is -2.98. The van der Waals surface area contributed by atoms with E-state index in [-0.39, 0.29) is 17.7 Å². The van der Waals surface area contributed by atoms with Crippen molar-refractivity contribution in [2.24, 2.45) is 0 Å². The number of ether oxygens (including phenoxy) is 2. The van der Waals surface area contributed by atoms with E-state index in [2.05, 4.69) is 20.3 Å². The van der Waals surface area contributed by atoms with E-state index in [1.807, 2.05) is 6.07 Å². The van der Waals surface area contributed by atoms with E-state index < -0.39 is 45.2 Å². The molecule has 9 nitrogen and oxygen atoms in total. The molecule has 0 radical (unpaired) electrons. The van der Waals surface area contributed by atoms with Gasteiger partial charge in [-0.1, -0.05) is 6.07 Å². The predicted molar refractivity (Wildman–Crippen MR) is 129 cm³/mol. The lowest BCUT2D eigenvalue weighted by Gasteiger charge is -2.11. The van der Waals surface area contributed by atoms with Gasteiger partial charge in [0.1, 0.15) is 5.82 Å². The van der Waals surface area contributed by atoms with Crippen molar-refractivity contribution in [1.82, 2.24) is 20.3 Å². The first kappa shape index (κ1) is 24.7. The number of pyridine rings is 3. The zero-order chi connectivity index (χ0) is 26.2. The molecule has 12 heteroatoms. The van der Waals surface area contributed by atoms with E-state index in [4.69, 9.17) is 9.47 Å². The number of methoxy groups -OCH3 is 1. The maximum Gasteiger partial charge on any atom is 0.251 e. The molecule has 1 amide bonds. The average molecular weight is 527 g/mol. The first-order valence-corrected chi connectivity index (χ1v) is 12.6. The van der Waals surface area contributed by atoms with Gasteiger partial charge in [0.15, 0.2) is 0 Å². The summed E-state index contributed by atoms with van der Waals surface area (Å²) in [5.41, 5.74) is -0.613. The Bertz CT molecular complexity index is 1630. The molecule has 190 valence electrons. The highest BCUT2D eigenvalue weighted by Gasteiger charge is 2.35. The minimum atomic E-state index is -4.50. The molecule has 5 rings (SSSR count). The van der Waals surface area contributed by atoms with Crippen LogP contribution in [0.3, 0.4) is 0 Å². The van der Waals surface area contributed by atoms with Crippen LogP contribution in [0.5, 0.6) is 5.88 Å². The molecule has 0 fully saturated rings. The van der Waals surface area contributed by atoms with Crippen molar-refractivity contribution in [2.75, 3.05) is 13.7 Å². The minimum absolute atomic E-state index is 0.0433. The second kappa shape index (κ2) is 9.79. The van der Waals surface area contributed by atoms with Gasteiger partial charge in [0, 0.05) is 28.8 Å². The van der Waals surface area contributed by atoms with E-state index >= 15 is 0 Å². The van der Waals surface area contributed by atoms with Crippen LogP contribution in [0.25, 0.3) is 22.3 Å². The van der Waals surface area contributed by atoms with Gasteiger partial charge in [-0.05, 0) is 36.4 Å². The van der Waals surface area contributed by atoms with Crippen molar-refractivity contribution in [3.05, 3.63) is 77.4 Å². The number of nitrogens with one attached hydrogen (secondary N) is 1. The van der Waals surface area contributed by atoms with Gasteiger partial charge in [-0.3, -0.25) is 9.78 Å². The molecule has 1 aromatic carbocycles. The van der Waals surface area contributed by atoms with Crippen molar-refractivity contribution in [2.45, 2.75) is 23.6 Å². The monoisotopic (exact) mass is 526 g/mol. The van der Waals surface area contributed by atoms with Crippen LogP contribution in [0.4, 0.5) is 8.78 Å². The molecular formula is C25H20F2N4O5S. The normalized spacial score (nSPS) is 16.6. The number of carbonyl (C=O) groups excluding carboxylic acids is 1. The van der Waals surface area contributed by atoms with Crippen LogP contribution in [-0.4, -0.2) is 48.5 Å². The molecule has 1 aliphatic heterocycles. The van der Waals surface area contributed by atoms with E-state index in [1.54, 1.807) is 36.5 Å². The highest BCUT2D eigenvalue weighted by atomic mass is 32.2. The Kier molecular flexibility index (Phi) is 6.52. The number of amides is 1. The standard InChI is InChI=1S/C25H20F2N4O5S/c1-35-24-4-2-3-19(31-24)20-6-5-14-10-28-16(9-21(14)30-20)11-29-25(32)15-7-18(26)17-12-36-13-23(27)37(33,34)22(17)8-15/h2-10,23H,11-13H2,1H3,(H,29,32)/t23-/m1/s1. The van der Waals surface area contributed by atoms with Crippen molar-refractivity contribution < 1.29 is 31.5 Å². The summed E-state index contributed by atoms with van der Waals surface area (Å²) < 4.78 is 63.7. The molecule has 1 atom stereocenters. The lowest BCUT2D eigenvalue weighted by atomic mass is 10.1. The van der Waals surface area contributed by atoms with E-state index in [9.17, 15) is 22.0 Å². The maximum atomic E-state index is 14.6. The third kappa shape index (κ3) is 4.85. The molecule has 4 heterocycles. The zero-order valence-corrected chi connectivity index (χ0v) is 20.3. The highest BCUT2D eigenvalue weighted by molar-refractivity contribution is 7.92. The Hall–Kier alpha value is -4.03. The number of alkyl halides is 1. The molecule has 1 aliphatic rings. The lowest BCUT2D eigenvalue weighted by Crippen LogP contribution is -2.25. The molecule has 4 aromatic rings. The number of nitrogens with zero attached hydrogens (tertiary/aromatic N) is 3. The van der Waals surface area contributed by atoms with Crippen LogP contribution in [0.15, 0.2) is 59.6 Å². The fourth-order valence-corrected chi connectivity index (χ4v) is 5.20. The van der Waals surface area contributed by atoms with Gasteiger partial charge < -0.3 is 14.8 Å². The quantitative estimate of drug-likeness (QED) is 0.420. The van der Waals surface area contributed by atoms with Gasteiger partial charge in [-0.15, -0.1) is 0 Å². The molecule has 0 unspecified atom stereocenters. The largest absolute Gasteiger partial charge is 0.481 e. The molecule has 0 spiro atoms. The summed E-state index contributed by atoms with van der Waals surface area (Å²) in [6, 6.07) is 12.5. The number of fused-ring (bicyclic) bond motifs is 2. The van der Waals surface area contributed by atoms with Crippen LogP contribution in [0.2, 0.25) is 0 Å². The third-order valence-corrected chi connectivity index (χ3v) is 7.60. The SMILES string of the molecule is COc1cccc(-c2ccc3cnc(CNC(=O)c4cc(F)c5c(c4)S(=O)(=O)[C@@H](F)COC5)cc3n2)n1. The van der Waals surface area contributed by atoms with E-state index in [1.165, 1.54) is 7.11 Å². The van der Waals surface area contributed by atoms with Crippen molar-refractivity contribution in [1.29, 1.82) is 0 Å². The number of aromatic nitrogens is 3. The zero-order valence-electron chi connectivity index (χ0n) is 19.4. The predicted octanol–water partition coefficient (Wildman–Crippen LogP) is 3.37. The molecule has 0 bridgehead atoms. The number of rotatable bonds is 5. The smallest absolute Gasteiger partial charge is 0.251 e. The maximum absolute atomic E-state index is 14.6. The molecule has 0 saturated heterocycles. The van der Waals surface area contributed by atoms with Crippen molar-refractivity contribution >= 4 is 26.6 Å². The Balaban J connectivity index is 1.38. The fourth-order valence-electron chi connectivity index (χ4n) is 3.86. The van der Waals surface area contributed by atoms with Crippen LogP contribution in [0.1, 0.15) is 21.6 Å². The third-order valence-electron chi connectivity index (χ3n) is 5.81. The second-order valence-electron chi connectivity index (χ2n) is 8.22. The number of sulfone groups is 1. The summed E-state index contributed by atoms with van der Waals surface area (Å²) in [6.45, 7) is -1.17. The highest BCUT2D eigenvalue weighted by Crippen LogP contribution is 2.29. The van der Waals surface area contributed by atoms with Crippen LogP contribution in [-0.2, 0) is 27.7 Å². The Morgan fingerprint density at radius 1 is 1.16 bits per heavy atom. The summed E-state index contributed by atoms with van der Waals surface area (Å²) in [5.74, 6) is -1.26. The minimum Gasteiger partial charge on any atom is -0.481 e. The average Bonchev–Trinajstić information content (AvgIpc) is 3.02. The Morgan fingerprint density at radius 3 is 2.78 bits per heavy atom. The molecule has 1 N–H and O–H groups in total. The van der Waals surface area contributed by atoms with Crippen LogP contribution < -0.4 is 10.1 Å². The molecule has 3 aromatic heterocycles. The molecular weight excluding hydrogens is 506 g/mol. The summed E-state index contributed by atoms with van der Waals surface area (Å²) in [4.78, 5) is 25.5. The van der Waals surface area contributed by atoms with Crippen molar-refractivity contribution in [3.8, 4) is 17.3 Å². The Morgan fingerprint density at radius 2 is 1.97 bits per heavy atom. The molecule has 37 heavy (non-hydrogen) atoms. The number of carbonyl (C=O) groups is 1. The second-order valence-corrected chi connectivity index (χ2v) is 10.3. The van der Waals surface area contributed by atoms with E-state index in [0.717, 1.165) is 17.5 Å². The number of hydrogen-bond acceptors (Lipinski definition) is 8. The van der Waals surface area contributed by atoms with E-state index in [0.29, 0.717) is 28.5 Å². The van der Waals surface area contributed by atoms with Gasteiger partial charge in [-0.2, -0.15) is 0 Å². The molecule has 0 aliphatic carbocycles. The lowest BCUT2D eigenvalue weighted by molar-refractivity contribution is 0.0938. The van der Waals surface area contributed by atoms with Gasteiger partial charge in [-0.25, -0.2) is 27.2 Å². The van der Waals surface area contributed by atoms with Gasteiger partial charge >= 0.3 is 0 Å². The van der Waals surface area contributed by atoms with Gasteiger partial charge in [0.25, 0.3) is 5.91 Å². The summed E-state index contributed by atoms with van der Waals surface area (Å²) in [5, 5.41) is 3.35. The molecule has 0 saturated carbocycles. The summed E-state index contributed by atoms with van der Waals surface area (Å²) in [6.07, 6.45) is 1.60. The van der Waals surface area contributed by atoms with Crippen LogP contribution in [0, 0.1) is 5.82 Å². The number of hydrogen-bond donors (Lipinski definition) is 1. The first-order chi connectivity index (χ1) is 17.8.